The van der Waals surface area contributed by atoms with Crippen LogP contribution in [-0.4, -0.2) is 57.1 Å². The number of halogens is 2. The molecular weight excluding hydrogens is 525 g/mol. The Labute approximate surface area is 223 Å². The molecule has 0 bridgehead atoms. The van der Waals surface area contributed by atoms with Crippen molar-refractivity contribution in [1.29, 1.82) is 0 Å². The third kappa shape index (κ3) is 8.57. The Bertz CT molecular complexity index is 1140. The number of nitrogens with one attached hydrogen (secondary N) is 1. The van der Waals surface area contributed by atoms with Crippen LogP contribution in [0.5, 0.6) is 5.75 Å². The van der Waals surface area contributed by atoms with E-state index in [9.17, 15) is 18.0 Å². The second-order valence-corrected chi connectivity index (χ2v) is 11.0. The van der Waals surface area contributed by atoms with Crippen molar-refractivity contribution in [1.82, 2.24) is 10.2 Å². The third-order valence-electron chi connectivity index (χ3n) is 5.45. The maximum Gasteiger partial charge on any atom is 0.244 e. The molecule has 198 valence electrons. The second kappa shape index (κ2) is 13.7. The molecule has 8 nitrogen and oxygen atoms in total. The van der Waals surface area contributed by atoms with E-state index in [1.165, 1.54) is 4.90 Å². The first kappa shape index (κ1) is 29.7. The van der Waals surface area contributed by atoms with Crippen molar-refractivity contribution in [3.63, 3.8) is 0 Å². The molecule has 0 heterocycles. The van der Waals surface area contributed by atoms with Gasteiger partial charge in [-0.05, 0) is 62.2 Å². The van der Waals surface area contributed by atoms with Crippen molar-refractivity contribution < 1.29 is 22.7 Å². The van der Waals surface area contributed by atoms with E-state index in [0.29, 0.717) is 40.2 Å². The molecule has 2 aromatic rings. The van der Waals surface area contributed by atoms with Crippen molar-refractivity contribution in [2.75, 3.05) is 30.3 Å². The topological polar surface area (TPSA) is 96.0 Å². The molecule has 2 aromatic carbocycles. The van der Waals surface area contributed by atoms with Gasteiger partial charge >= 0.3 is 0 Å². The van der Waals surface area contributed by atoms with Gasteiger partial charge in [0.1, 0.15) is 18.3 Å². The van der Waals surface area contributed by atoms with E-state index in [1.807, 2.05) is 13.8 Å². The Morgan fingerprint density at radius 1 is 1.06 bits per heavy atom. The van der Waals surface area contributed by atoms with E-state index in [4.69, 9.17) is 27.9 Å². The van der Waals surface area contributed by atoms with Crippen LogP contribution in [0.25, 0.3) is 0 Å². The van der Waals surface area contributed by atoms with Gasteiger partial charge in [0.05, 0.1) is 28.6 Å². The quantitative estimate of drug-likeness (QED) is 0.366. The summed E-state index contributed by atoms with van der Waals surface area (Å²) in [6, 6.07) is 10.5. The van der Waals surface area contributed by atoms with Gasteiger partial charge in [-0.1, -0.05) is 42.6 Å². The summed E-state index contributed by atoms with van der Waals surface area (Å²) in [7, 11) is -3.81. The van der Waals surface area contributed by atoms with Crippen LogP contribution in [0.3, 0.4) is 0 Å². The van der Waals surface area contributed by atoms with Crippen LogP contribution >= 0.6 is 23.2 Å². The lowest BCUT2D eigenvalue weighted by Crippen LogP contribution is -2.51. The first-order chi connectivity index (χ1) is 17.0. The molecule has 11 heteroatoms. The van der Waals surface area contributed by atoms with Crippen LogP contribution < -0.4 is 14.4 Å². The van der Waals surface area contributed by atoms with Crippen molar-refractivity contribution in [2.24, 2.45) is 0 Å². The van der Waals surface area contributed by atoms with Crippen LogP contribution in [0, 0.1) is 0 Å². The van der Waals surface area contributed by atoms with E-state index < -0.39 is 28.5 Å². The van der Waals surface area contributed by atoms with Crippen LogP contribution in [0.2, 0.25) is 10.0 Å². The molecule has 2 amide bonds. The molecule has 0 radical (unpaired) electrons. The highest BCUT2D eigenvalue weighted by atomic mass is 35.5. The van der Waals surface area contributed by atoms with E-state index >= 15 is 0 Å². The highest BCUT2D eigenvalue weighted by Crippen LogP contribution is 2.25. The Kier molecular flexibility index (Phi) is 11.3. The fourth-order valence-corrected chi connectivity index (χ4v) is 4.61. The minimum Gasteiger partial charge on any atom is -0.494 e. The van der Waals surface area contributed by atoms with Crippen molar-refractivity contribution in [3.8, 4) is 5.75 Å². The number of amides is 2. The zero-order valence-corrected chi connectivity index (χ0v) is 23.3. The molecule has 0 aliphatic carbocycles. The Balaban J connectivity index is 2.35. The number of rotatable bonds is 13. The van der Waals surface area contributed by atoms with Crippen LogP contribution in [-0.2, 0) is 26.2 Å². The molecule has 1 atom stereocenters. The number of unbranched alkanes of at least 4 members (excludes halogenated alkanes) is 1. The number of benzene rings is 2. The largest absolute Gasteiger partial charge is 0.494 e. The van der Waals surface area contributed by atoms with E-state index in [-0.39, 0.29) is 12.5 Å². The number of hydrogen-bond acceptors (Lipinski definition) is 5. The summed E-state index contributed by atoms with van der Waals surface area (Å²) in [5.41, 5.74) is 0.960. The lowest BCUT2D eigenvalue weighted by atomic mass is 10.1. The van der Waals surface area contributed by atoms with E-state index in [0.717, 1.165) is 23.4 Å². The second-order valence-electron chi connectivity index (χ2n) is 8.29. The molecule has 0 aliphatic rings. The fraction of sp³-hybridized carbons (Fsp3) is 0.440. The lowest BCUT2D eigenvalue weighted by molar-refractivity contribution is -0.139. The first-order valence-corrected chi connectivity index (χ1v) is 14.3. The molecule has 2 rings (SSSR count). The number of anilines is 1. The average Bonchev–Trinajstić information content (AvgIpc) is 2.83. The molecule has 0 aliphatic heterocycles. The van der Waals surface area contributed by atoms with Gasteiger partial charge in [0.2, 0.25) is 21.8 Å². The number of ether oxygens (including phenoxy) is 1. The molecule has 0 aromatic heterocycles. The van der Waals surface area contributed by atoms with Gasteiger partial charge in [0, 0.05) is 13.1 Å². The molecule has 1 unspecified atom stereocenters. The monoisotopic (exact) mass is 557 g/mol. The number of sulfonamides is 1. The minimum absolute atomic E-state index is 0.0406. The minimum atomic E-state index is -3.81. The van der Waals surface area contributed by atoms with Gasteiger partial charge < -0.3 is 15.0 Å². The Hall–Kier alpha value is -2.49. The number of carbonyl (C=O) groups excluding carboxylic acids is 2. The van der Waals surface area contributed by atoms with Gasteiger partial charge in [-0.15, -0.1) is 0 Å². The van der Waals surface area contributed by atoms with Crippen LogP contribution in [0.4, 0.5) is 5.69 Å². The Morgan fingerprint density at radius 2 is 1.72 bits per heavy atom. The molecule has 0 saturated heterocycles. The molecule has 1 N–H and O–H groups in total. The maximum absolute atomic E-state index is 13.5. The normalized spacial score (nSPS) is 12.1. The van der Waals surface area contributed by atoms with E-state index in [2.05, 4.69) is 5.32 Å². The molecule has 0 fully saturated rings. The highest BCUT2D eigenvalue weighted by molar-refractivity contribution is 7.92. The van der Waals surface area contributed by atoms with Crippen molar-refractivity contribution >= 4 is 50.7 Å². The zero-order chi connectivity index (χ0) is 26.9. The van der Waals surface area contributed by atoms with Crippen LogP contribution in [0.15, 0.2) is 42.5 Å². The number of carbonyl (C=O) groups is 2. The Morgan fingerprint density at radius 3 is 2.28 bits per heavy atom. The molecular formula is C25H33Cl2N3O5S. The average molecular weight is 559 g/mol. The van der Waals surface area contributed by atoms with E-state index in [1.54, 1.807) is 49.4 Å². The number of hydrogen-bond donors (Lipinski definition) is 1. The molecule has 36 heavy (non-hydrogen) atoms. The van der Waals surface area contributed by atoms with Crippen molar-refractivity contribution in [2.45, 2.75) is 46.2 Å². The predicted octanol–water partition coefficient (Wildman–Crippen LogP) is 4.49. The maximum atomic E-state index is 13.5. The smallest absolute Gasteiger partial charge is 0.244 e. The van der Waals surface area contributed by atoms with Gasteiger partial charge in [-0.25, -0.2) is 8.42 Å². The summed E-state index contributed by atoms with van der Waals surface area (Å²) in [5.74, 6) is -0.290. The van der Waals surface area contributed by atoms with Crippen molar-refractivity contribution in [3.05, 3.63) is 58.1 Å². The van der Waals surface area contributed by atoms with Gasteiger partial charge in [-0.3, -0.25) is 13.9 Å². The summed E-state index contributed by atoms with van der Waals surface area (Å²) < 4.78 is 31.7. The standard InChI is InChI=1S/C25H33Cl2N3O5S/c1-5-7-14-28-25(32)18(3)29(16-19-8-13-22(26)23(27)15-19)24(31)17-30(36(4,33)34)20-9-11-21(12-10-20)35-6-2/h8-13,15,18H,5-7,14,16-17H2,1-4H3,(H,28,32). The van der Waals surface area contributed by atoms with Gasteiger partial charge in [0.15, 0.2) is 0 Å². The summed E-state index contributed by atoms with van der Waals surface area (Å²) >= 11 is 12.2. The first-order valence-electron chi connectivity index (χ1n) is 11.7. The predicted molar refractivity (Wildman–Crippen MR) is 144 cm³/mol. The highest BCUT2D eigenvalue weighted by Gasteiger charge is 2.30. The number of nitrogens with zero attached hydrogens (tertiary/aromatic N) is 2. The molecule has 0 spiro atoms. The third-order valence-corrected chi connectivity index (χ3v) is 7.33. The SMILES string of the molecule is CCCCNC(=O)C(C)N(Cc1ccc(Cl)c(Cl)c1)C(=O)CN(c1ccc(OCC)cc1)S(C)(=O)=O. The fourth-order valence-electron chi connectivity index (χ4n) is 3.44. The van der Waals surface area contributed by atoms with Gasteiger partial charge in [-0.2, -0.15) is 0 Å². The zero-order valence-electron chi connectivity index (χ0n) is 21.0. The van der Waals surface area contributed by atoms with Gasteiger partial charge in [0.25, 0.3) is 0 Å². The van der Waals surface area contributed by atoms with Crippen LogP contribution in [0.1, 0.15) is 39.2 Å². The summed E-state index contributed by atoms with van der Waals surface area (Å²) in [6.45, 7) is 5.97. The molecule has 0 saturated carbocycles. The summed E-state index contributed by atoms with van der Waals surface area (Å²) in [4.78, 5) is 27.7. The summed E-state index contributed by atoms with van der Waals surface area (Å²) in [6.07, 6.45) is 2.74. The lowest BCUT2D eigenvalue weighted by Gasteiger charge is -2.31. The summed E-state index contributed by atoms with van der Waals surface area (Å²) in [5, 5.41) is 3.51.